The lowest BCUT2D eigenvalue weighted by Gasteiger charge is -2.45. The second-order valence-corrected chi connectivity index (χ2v) is 11.3. The zero-order valence-electron chi connectivity index (χ0n) is 22.7. The van der Waals surface area contributed by atoms with E-state index in [-0.39, 0.29) is 47.0 Å². The molecule has 2 aromatic rings. The van der Waals surface area contributed by atoms with E-state index in [4.69, 9.17) is 15.2 Å². The first kappa shape index (κ1) is 25.1. The van der Waals surface area contributed by atoms with E-state index in [1.165, 1.54) is 7.11 Å². The molecule has 1 aliphatic carbocycles. The van der Waals surface area contributed by atoms with Crippen LogP contribution in [-0.4, -0.2) is 83.0 Å². The standard InChI is InChI=1S/C28H36N4O6/c1-12-7-15-9-27-11-32-17(10-30-26(36)14(3)29)19-16(21(33)13(2)25(38-6)22(19)34)8-18(32)28(27,31(27)4)20(15)23(35)24(12)37-5/h7,14,17-18,33-35H,8-11,29H2,1-6H3,(H,30,36)/t14-,17-,18-,27+,28+,31?/m0/s1. The summed E-state index contributed by atoms with van der Waals surface area (Å²) in [6, 6.07) is 0.868. The van der Waals surface area contributed by atoms with Crippen LogP contribution in [0.1, 0.15) is 46.3 Å². The molecule has 0 saturated carbocycles. The van der Waals surface area contributed by atoms with Crippen molar-refractivity contribution in [2.75, 3.05) is 34.4 Å². The SMILES string of the molecule is COc1c(C)cc2c(c1O)[C@]13[C@@H]4Cc5c(O)c(C)c(OC)c(O)c5[C@H](CNC(=O)[C@H](C)N)N4C[C@@]1(C2)N3C. The maximum absolute atomic E-state index is 12.5. The van der Waals surface area contributed by atoms with E-state index in [1.54, 1.807) is 21.0 Å². The fourth-order valence-corrected chi connectivity index (χ4v) is 8.16. The van der Waals surface area contributed by atoms with Crippen LogP contribution in [0.15, 0.2) is 6.07 Å². The molecule has 0 radical (unpaired) electrons. The van der Waals surface area contributed by atoms with Gasteiger partial charge in [0.25, 0.3) is 0 Å². The number of ether oxygens (including phenoxy) is 2. The van der Waals surface area contributed by atoms with Crippen LogP contribution in [0.25, 0.3) is 0 Å². The summed E-state index contributed by atoms with van der Waals surface area (Å²) in [7, 11) is 5.12. The van der Waals surface area contributed by atoms with Crippen molar-refractivity contribution in [1.29, 1.82) is 0 Å². The maximum Gasteiger partial charge on any atom is 0.236 e. The normalized spacial score (nSPS) is 31.0. The molecule has 3 aliphatic heterocycles. The van der Waals surface area contributed by atoms with Gasteiger partial charge in [0.1, 0.15) is 5.75 Å². The topological polar surface area (TPSA) is 141 Å². The first-order valence-corrected chi connectivity index (χ1v) is 13.0. The molecule has 3 heterocycles. The number of aryl methyl sites for hydroxylation is 1. The Balaban J connectivity index is 1.54. The fraction of sp³-hybridized carbons (Fsp3) is 0.536. The lowest BCUT2D eigenvalue weighted by atomic mass is 9.79. The summed E-state index contributed by atoms with van der Waals surface area (Å²) < 4.78 is 11.1. The molecule has 10 nitrogen and oxygen atoms in total. The van der Waals surface area contributed by atoms with Gasteiger partial charge < -0.3 is 35.8 Å². The summed E-state index contributed by atoms with van der Waals surface area (Å²) in [5.41, 5.74) is 9.62. The summed E-state index contributed by atoms with van der Waals surface area (Å²) >= 11 is 0. The fourth-order valence-electron chi connectivity index (χ4n) is 8.16. The van der Waals surface area contributed by atoms with Crippen LogP contribution in [0.5, 0.6) is 28.7 Å². The van der Waals surface area contributed by atoms with Crippen LogP contribution in [-0.2, 0) is 23.2 Å². The van der Waals surface area contributed by atoms with Crippen LogP contribution in [0, 0.1) is 13.8 Å². The molecule has 2 aromatic carbocycles. The molecule has 1 amide bonds. The Morgan fingerprint density at radius 2 is 1.87 bits per heavy atom. The number of nitrogens with one attached hydrogen (secondary N) is 1. The summed E-state index contributed by atoms with van der Waals surface area (Å²) in [5.74, 6) is 0.638. The number of hydrogen-bond donors (Lipinski definition) is 5. The number of carbonyl (C=O) groups is 1. The molecule has 4 aliphatic rings. The first-order chi connectivity index (χ1) is 18.0. The number of rotatable bonds is 5. The average Bonchev–Trinajstić information content (AvgIpc) is 3.10. The lowest BCUT2D eigenvalue weighted by molar-refractivity contribution is -0.122. The van der Waals surface area contributed by atoms with Crippen molar-refractivity contribution in [2.45, 2.75) is 62.8 Å². The number of amides is 1. The molecule has 2 fully saturated rings. The minimum atomic E-state index is -0.683. The van der Waals surface area contributed by atoms with E-state index < -0.39 is 17.6 Å². The number of piperazine rings is 1. The van der Waals surface area contributed by atoms with E-state index in [9.17, 15) is 20.1 Å². The number of likely N-dealkylation sites (N-methyl/N-ethyl adjacent to an activating group) is 1. The minimum Gasteiger partial charge on any atom is -0.507 e. The van der Waals surface area contributed by atoms with Crippen LogP contribution in [0.2, 0.25) is 0 Å². The Morgan fingerprint density at radius 3 is 2.50 bits per heavy atom. The first-order valence-electron chi connectivity index (χ1n) is 13.0. The summed E-state index contributed by atoms with van der Waals surface area (Å²) in [6.07, 6.45) is 1.22. The van der Waals surface area contributed by atoms with Crippen LogP contribution < -0.4 is 20.5 Å². The number of phenolic OH excluding ortho intramolecular Hbond substituents is 3. The van der Waals surface area contributed by atoms with Crippen molar-refractivity contribution >= 4 is 5.91 Å². The molecule has 1 unspecified atom stereocenters. The lowest BCUT2D eigenvalue weighted by Crippen LogP contribution is -2.53. The number of nitrogens with zero attached hydrogens (tertiary/aromatic N) is 2. The summed E-state index contributed by atoms with van der Waals surface area (Å²) in [5, 5.41) is 37.2. The molecular weight excluding hydrogens is 488 g/mol. The Kier molecular flexibility index (Phi) is 5.22. The Morgan fingerprint density at radius 1 is 1.18 bits per heavy atom. The van der Waals surface area contributed by atoms with Crippen LogP contribution in [0.3, 0.4) is 0 Å². The third-order valence-electron chi connectivity index (χ3n) is 9.74. The van der Waals surface area contributed by atoms with Gasteiger partial charge in [0.05, 0.1) is 37.4 Å². The monoisotopic (exact) mass is 524 g/mol. The van der Waals surface area contributed by atoms with E-state index in [0.29, 0.717) is 35.4 Å². The van der Waals surface area contributed by atoms with Gasteiger partial charge in [-0.25, -0.2) is 0 Å². The van der Waals surface area contributed by atoms with E-state index in [0.717, 1.165) is 23.1 Å². The molecule has 6 N–H and O–H groups in total. The van der Waals surface area contributed by atoms with E-state index in [2.05, 4.69) is 28.2 Å². The highest BCUT2D eigenvalue weighted by atomic mass is 16.5. The highest BCUT2D eigenvalue weighted by Crippen LogP contribution is 2.75. The minimum absolute atomic E-state index is 0.0223. The molecular formula is C28H36N4O6. The Labute approximate surface area is 221 Å². The molecule has 204 valence electrons. The van der Waals surface area contributed by atoms with Crippen molar-refractivity contribution in [3.8, 4) is 28.7 Å². The van der Waals surface area contributed by atoms with Gasteiger partial charge in [-0.15, -0.1) is 0 Å². The smallest absolute Gasteiger partial charge is 0.236 e. The van der Waals surface area contributed by atoms with Gasteiger partial charge in [-0.3, -0.25) is 14.6 Å². The van der Waals surface area contributed by atoms with Gasteiger partial charge in [0.15, 0.2) is 23.0 Å². The predicted molar refractivity (Wildman–Crippen MR) is 140 cm³/mol. The number of methoxy groups -OCH3 is 2. The number of fused-ring (bicyclic) bond motifs is 3. The molecule has 6 rings (SSSR count). The van der Waals surface area contributed by atoms with Gasteiger partial charge >= 0.3 is 0 Å². The molecule has 2 saturated heterocycles. The Bertz CT molecular complexity index is 1390. The largest absolute Gasteiger partial charge is 0.507 e. The number of aromatic hydroxyl groups is 3. The number of hydrogen-bond acceptors (Lipinski definition) is 9. The molecule has 0 bridgehead atoms. The second-order valence-electron chi connectivity index (χ2n) is 11.3. The highest BCUT2D eigenvalue weighted by molar-refractivity contribution is 5.81. The van der Waals surface area contributed by atoms with Gasteiger partial charge in [-0.2, -0.15) is 0 Å². The van der Waals surface area contributed by atoms with Gasteiger partial charge in [0.2, 0.25) is 5.91 Å². The number of benzene rings is 2. The van der Waals surface area contributed by atoms with E-state index in [1.807, 2.05) is 6.92 Å². The number of nitrogens with two attached hydrogens (primary N) is 1. The Hall–Kier alpha value is -3.21. The molecule has 6 atom stereocenters. The van der Waals surface area contributed by atoms with Gasteiger partial charge in [0, 0.05) is 41.4 Å². The summed E-state index contributed by atoms with van der Waals surface area (Å²) in [6.45, 7) is 6.15. The molecule has 10 heteroatoms. The van der Waals surface area contributed by atoms with Crippen molar-refractivity contribution in [1.82, 2.24) is 15.1 Å². The average molecular weight is 525 g/mol. The maximum atomic E-state index is 12.5. The number of carbonyl (C=O) groups excluding carboxylic acids is 1. The highest BCUT2D eigenvalue weighted by Gasteiger charge is 2.86. The molecule has 0 aromatic heterocycles. The zero-order chi connectivity index (χ0) is 27.5. The quantitative estimate of drug-likeness (QED) is 0.289. The third-order valence-corrected chi connectivity index (χ3v) is 9.74. The van der Waals surface area contributed by atoms with E-state index >= 15 is 0 Å². The molecule has 38 heavy (non-hydrogen) atoms. The van der Waals surface area contributed by atoms with Crippen molar-refractivity contribution in [3.63, 3.8) is 0 Å². The molecule has 0 spiro atoms. The third kappa shape index (κ3) is 2.70. The zero-order valence-corrected chi connectivity index (χ0v) is 22.7. The predicted octanol–water partition coefficient (Wildman–Crippen LogP) is 1.32. The summed E-state index contributed by atoms with van der Waals surface area (Å²) in [4.78, 5) is 17.2. The van der Waals surface area contributed by atoms with Crippen molar-refractivity contribution in [2.24, 2.45) is 5.73 Å². The number of phenols is 3. The van der Waals surface area contributed by atoms with Crippen molar-refractivity contribution in [3.05, 3.63) is 39.4 Å². The van der Waals surface area contributed by atoms with Crippen LogP contribution in [0.4, 0.5) is 0 Å². The van der Waals surface area contributed by atoms with Crippen molar-refractivity contribution < 1.29 is 29.6 Å². The van der Waals surface area contributed by atoms with Gasteiger partial charge in [-0.1, -0.05) is 6.07 Å². The second kappa shape index (κ2) is 7.91. The van der Waals surface area contributed by atoms with Gasteiger partial charge in [-0.05, 0) is 51.8 Å². The van der Waals surface area contributed by atoms with Crippen LogP contribution >= 0.6 is 0 Å².